The van der Waals surface area contributed by atoms with E-state index in [-0.39, 0.29) is 12.2 Å². The normalized spacial score (nSPS) is 17.3. The lowest BCUT2D eigenvalue weighted by molar-refractivity contribution is -0.138. The molecule has 0 amide bonds. The zero-order valence-electron chi connectivity index (χ0n) is 11.3. The molecule has 1 aliphatic rings. The van der Waals surface area contributed by atoms with E-state index in [4.69, 9.17) is 5.73 Å². The maximum absolute atomic E-state index is 13.3. The number of hydrogen-bond donors (Lipinski definition) is 1. The minimum absolute atomic E-state index is 0.0510. The third-order valence-electron chi connectivity index (χ3n) is 3.49. The van der Waals surface area contributed by atoms with Gasteiger partial charge in [0.15, 0.2) is 11.6 Å². The number of nitrogens with two attached hydrogens (primary N) is 1. The lowest BCUT2D eigenvalue weighted by Crippen LogP contribution is -2.47. The van der Waals surface area contributed by atoms with Crippen molar-refractivity contribution in [3.05, 3.63) is 23.8 Å². The summed E-state index contributed by atoms with van der Waals surface area (Å²) in [6.45, 7) is 1.65. The smallest absolute Gasteiger partial charge is 0.390 e. The molecule has 118 valence electrons. The molecule has 0 aliphatic carbocycles. The number of hydrogen-bond acceptors (Lipinski definition) is 3. The number of nitrogen functional groups attached to an aromatic ring is 1. The van der Waals surface area contributed by atoms with E-state index in [0.29, 0.717) is 31.9 Å². The summed E-state index contributed by atoms with van der Waals surface area (Å²) < 4.78 is 62.7. The molecule has 0 spiro atoms. The van der Waals surface area contributed by atoms with Gasteiger partial charge in [-0.05, 0) is 0 Å². The Hall–Kier alpha value is -1.57. The molecule has 1 aromatic rings. The molecule has 0 bridgehead atoms. The molecule has 21 heavy (non-hydrogen) atoms. The van der Waals surface area contributed by atoms with Crippen LogP contribution in [-0.4, -0.2) is 43.8 Å². The van der Waals surface area contributed by atoms with Gasteiger partial charge in [0.25, 0.3) is 0 Å². The van der Waals surface area contributed by atoms with Crippen LogP contribution in [0.3, 0.4) is 0 Å². The Labute approximate surface area is 119 Å². The van der Waals surface area contributed by atoms with Crippen LogP contribution >= 0.6 is 0 Å². The summed E-state index contributed by atoms with van der Waals surface area (Å²) in [5.74, 6) is -2.00. The van der Waals surface area contributed by atoms with E-state index in [0.717, 1.165) is 12.1 Å². The molecule has 0 saturated carbocycles. The minimum Gasteiger partial charge on any atom is -0.397 e. The number of piperazine rings is 1. The zero-order valence-corrected chi connectivity index (χ0v) is 11.3. The first-order valence-electron chi connectivity index (χ1n) is 6.55. The van der Waals surface area contributed by atoms with E-state index in [1.807, 2.05) is 0 Å². The summed E-state index contributed by atoms with van der Waals surface area (Å²) in [6, 6.07) is 1.94. The summed E-state index contributed by atoms with van der Waals surface area (Å²) in [5.41, 5.74) is 6.16. The highest BCUT2D eigenvalue weighted by Gasteiger charge is 2.29. The van der Waals surface area contributed by atoms with Crippen molar-refractivity contribution >= 4 is 11.4 Å². The van der Waals surface area contributed by atoms with Crippen LogP contribution in [0.1, 0.15) is 6.42 Å². The van der Waals surface area contributed by atoms with Crippen LogP contribution in [0.25, 0.3) is 0 Å². The fraction of sp³-hybridized carbons (Fsp3) is 0.538. The number of alkyl halides is 3. The van der Waals surface area contributed by atoms with Crippen molar-refractivity contribution in [3.8, 4) is 0 Å². The van der Waals surface area contributed by atoms with Crippen LogP contribution in [-0.2, 0) is 0 Å². The maximum atomic E-state index is 13.3. The number of halogens is 5. The van der Waals surface area contributed by atoms with Gasteiger partial charge in [0.05, 0.1) is 17.8 Å². The quantitative estimate of drug-likeness (QED) is 0.688. The van der Waals surface area contributed by atoms with Gasteiger partial charge in [0.2, 0.25) is 0 Å². The Morgan fingerprint density at radius 2 is 1.57 bits per heavy atom. The van der Waals surface area contributed by atoms with Crippen molar-refractivity contribution in [1.82, 2.24) is 4.90 Å². The Balaban J connectivity index is 1.94. The SMILES string of the molecule is Nc1cc(F)c(F)cc1N1CCN(CCC(F)(F)F)CC1. The molecule has 0 unspecified atom stereocenters. The molecular weight excluding hydrogens is 293 g/mol. The molecule has 0 atom stereocenters. The number of benzene rings is 1. The van der Waals surface area contributed by atoms with E-state index in [1.54, 1.807) is 9.80 Å². The molecule has 1 heterocycles. The predicted molar refractivity (Wildman–Crippen MR) is 70.1 cm³/mol. The summed E-state index contributed by atoms with van der Waals surface area (Å²) >= 11 is 0. The summed E-state index contributed by atoms with van der Waals surface area (Å²) in [4.78, 5) is 3.45. The molecule has 8 heteroatoms. The first-order chi connectivity index (χ1) is 9.76. The lowest BCUT2D eigenvalue weighted by Gasteiger charge is -2.36. The Morgan fingerprint density at radius 3 is 2.14 bits per heavy atom. The van der Waals surface area contributed by atoms with Crippen LogP contribution in [0.5, 0.6) is 0 Å². The second-order valence-corrected chi connectivity index (χ2v) is 5.02. The average Bonchev–Trinajstić information content (AvgIpc) is 2.40. The van der Waals surface area contributed by atoms with Gasteiger partial charge in [-0.2, -0.15) is 13.2 Å². The van der Waals surface area contributed by atoms with E-state index in [2.05, 4.69) is 0 Å². The van der Waals surface area contributed by atoms with Gasteiger partial charge in [-0.25, -0.2) is 8.78 Å². The first kappa shape index (κ1) is 15.8. The van der Waals surface area contributed by atoms with Gasteiger partial charge in [-0.1, -0.05) is 0 Å². The minimum atomic E-state index is -4.17. The highest BCUT2D eigenvalue weighted by atomic mass is 19.4. The van der Waals surface area contributed by atoms with Crippen LogP contribution in [0.4, 0.5) is 33.3 Å². The first-order valence-corrected chi connectivity index (χ1v) is 6.55. The average molecular weight is 309 g/mol. The van der Waals surface area contributed by atoms with Gasteiger partial charge in [0.1, 0.15) is 0 Å². The van der Waals surface area contributed by atoms with Gasteiger partial charge in [0, 0.05) is 44.9 Å². The predicted octanol–water partition coefficient (Wildman–Crippen LogP) is 2.62. The third kappa shape index (κ3) is 4.20. The van der Waals surface area contributed by atoms with Crippen molar-refractivity contribution in [2.24, 2.45) is 0 Å². The van der Waals surface area contributed by atoms with Crippen molar-refractivity contribution in [2.75, 3.05) is 43.4 Å². The molecule has 3 nitrogen and oxygen atoms in total. The third-order valence-corrected chi connectivity index (χ3v) is 3.49. The van der Waals surface area contributed by atoms with Gasteiger partial charge < -0.3 is 10.6 Å². The van der Waals surface area contributed by atoms with E-state index < -0.39 is 24.2 Å². The second-order valence-electron chi connectivity index (χ2n) is 5.02. The molecule has 0 radical (unpaired) electrons. The molecular formula is C13H16F5N3. The molecule has 2 rings (SSSR count). The van der Waals surface area contributed by atoms with Crippen LogP contribution in [0.2, 0.25) is 0 Å². The van der Waals surface area contributed by atoms with Crippen LogP contribution in [0, 0.1) is 11.6 Å². The van der Waals surface area contributed by atoms with Gasteiger partial charge in [-0.15, -0.1) is 0 Å². The lowest BCUT2D eigenvalue weighted by atomic mass is 10.2. The fourth-order valence-corrected chi connectivity index (χ4v) is 2.32. The Kier molecular flexibility index (Phi) is 4.55. The summed E-state index contributed by atoms with van der Waals surface area (Å²) in [7, 11) is 0. The van der Waals surface area contributed by atoms with E-state index >= 15 is 0 Å². The molecule has 1 aromatic carbocycles. The van der Waals surface area contributed by atoms with Crippen LogP contribution in [0.15, 0.2) is 12.1 Å². The number of anilines is 2. The molecule has 2 N–H and O–H groups in total. The number of nitrogens with zero attached hydrogens (tertiary/aromatic N) is 2. The van der Waals surface area contributed by atoms with Crippen molar-refractivity contribution in [1.29, 1.82) is 0 Å². The standard InChI is InChI=1S/C13H16F5N3/c14-9-7-11(19)12(8-10(9)15)21-5-3-20(4-6-21)2-1-13(16,17)18/h7-8H,1-6,19H2. The number of rotatable bonds is 3. The summed E-state index contributed by atoms with van der Waals surface area (Å²) in [5, 5.41) is 0. The van der Waals surface area contributed by atoms with Gasteiger partial charge in [-0.3, -0.25) is 4.90 Å². The molecule has 1 saturated heterocycles. The second kappa shape index (κ2) is 6.05. The molecule has 0 aromatic heterocycles. The highest BCUT2D eigenvalue weighted by molar-refractivity contribution is 5.67. The Morgan fingerprint density at radius 1 is 1.00 bits per heavy atom. The van der Waals surface area contributed by atoms with Crippen molar-refractivity contribution < 1.29 is 22.0 Å². The highest BCUT2D eigenvalue weighted by Crippen LogP contribution is 2.27. The van der Waals surface area contributed by atoms with Crippen molar-refractivity contribution in [2.45, 2.75) is 12.6 Å². The largest absolute Gasteiger partial charge is 0.397 e. The van der Waals surface area contributed by atoms with E-state index in [1.165, 1.54) is 0 Å². The fourth-order valence-electron chi connectivity index (χ4n) is 2.32. The van der Waals surface area contributed by atoms with Crippen LogP contribution < -0.4 is 10.6 Å². The Bertz CT molecular complexity index is 495. The molecule has 1 aliphatic heterocycles. The van der Waals surface area contributed by atoms with E-state index in [9.17, 15) is 22.0 Å². The molecule has 1 fully saturated rings. The maximum Gasteiger partial charge on any atom is 0.390 e. The summed E-state index contributed by atoms with van der Waals surface area (Å²) in [6.07, 6.45) is -5.01. The van der Waals surface area contributed by atoms with Crippen molar-refractivity contribution in [3.63, 3.8) is 0 Å². The zero-order chi connectivity index (χ0) is 15.6. The van der Waals surface area contributed by atoms with Gasteiger partial charge >= 0.3 is 6.18 Å². The monoisotopic (exact) mass is 309 g/mol. The topological polar surface area (TPSA) is 32.5 Å².